The monoisotopic (exact) mass is 440 g/mol. The lowest BCUT2D eigenvalue weighted by molar-refractivity contribution is -0.154. The third kappa shape index (κ3) is 7.19. The third-order valence-corrected chi connectivity index (χ3v) is 4.79. The van der Waals surface area contributed by atoms with Crippen molar-refractivity contribution in [1.82, 2.24) is 20.5 Å². The van der Waals surface area contributed by atoms with Crippen molar-refractivity contribution in [2.75, 3.05) is 19.7 Å². The number of nitrogens with one attached hydrogen (secondary N) is 2. The molecule has 0 saturated carbocycles. The number of piperidine rings is 1. The summed E-state index contributed by atoms with van der Waals surface area (Å²) in [6.45, 7) is 0.00272. The minimum Gasteiger partial charge on any atom is -0.468 e. The Morgan fingerprint density at radius 2 is 1.94 bits per heavy atom. The van der Waals surface area contributed by atoms with Crippen LogP contribution in [-0.4, -0.2) is 47.7 Å². The first-order valence-corrected chi connectivity index (χ1v) is 9.77. The number of pyridine rings is 1. The van der Waals surface area contributed by atoms with Crippen LogP contribution in [0.5, 0.6) is 5.88 Å². The Morgan fingerprint density at radius 1 is 1.16 bits per heavy atom. The number of urea groups is 1. The molecule has 1 fully saturated rings. The van der Waals surface area contributed by atoms with Gasteiger partial charge in [0.25, 0.3) is 0 Å². The number of aromatic nitrogens is 1. The van der Waals surface area contributed by atoms with Gasteiger partial charge in [-0.3, -0.25) is 4.79 Å². The number of alkyl halides is 3. The molecule has 2 aromatic heterocycles. The predicted octanol–water partition coefficient (Wildman–Crippen LogP) is 2.85. The molecule has 1 aliphatic heterocycles. The molecule has 31 heavy (non-hydrogen) atoms. The van der Waals surface area contributed by atoms with Crippen molar-refractivity contribution < 1.29 is 31.9 Å². The van der Waals surface area contributed by atoms with E-state index in [0.29, 0.717) is 43.8 Å². The molecule has 11 heteroatoms. The van der Waals surface area contributed by atoms with Gasteiger partial charge >= 0.3 is 12.2 Å². The van der Waals surface area contributed by atoms with Gasteiger partial charge in [-0.25, -0.2) is 9.78 Å². The van der Waals surface area contributed by atoms with Crippen LogP contribution in [0.2, 0.25) is 0 Å². The predicted molar refractivity (Wildman–Crippen MR) is 103 cm³/mol. The molecule has 0 unspecified atom stereocenters. The molecule has 2 aromatic rings. The second kappa shape index (κ2) is 10.2. The van der Waals surface area contributed by atoms with Gasteiger partial charge in [0.2, 0.25) is 11.8 Å². The number of ether oxygens (including phenoxy) is 1. The van der Waals surface area contributed by atoms with Crippen LogP contribution in [0.4, 0.5) is 18.0 Å². The van der Waals surface area contributed by atoms with Crippen LogP contribution in [0.15, 0.2) is 41.1 Å². The second-order valence-electron chi connectivity index (χ2n) is 7.13. The molecule has 8 nitrogen and oxygen atoms in total. The van der Waals surface area contributed by atoms with Crippen LogP contribution < -0.4 is 15.4 Å². The summed E-state index contributed by atoms with van der Waals surface area (Å²) in [4.78, 5) is 30.0. The second-order valence-corrected chi connectivity index (χ2v) is 7.13. The molecule has 0 atom stereocenters. The van der Waals surface area contributed by atoms with Crippen molar-refractivity contribution in [1.29, 1.82) is 0 Å². The van der Waals surface area contributed by atoms with Crippen molar-refractivity contribution in [2.45, 2.75) is 32.1 Å². The Labute approximate surface area is 176 Å². The number of rotatable bonds is 7. The Kier molecular flexibility index (Phi) is 7.37. The van der Waals surface area contributed by atoms with E-state index in [1.807, 2.05) is 0 Å². The highest BCUT2D eigenvalue weighted by atomic mass is 19.4. The van der Waals surface area contributed by atoms with Crippen LogP contribution in [0.1, 0.15) is 24.2 Å². The highest BCUT2D eigenvalue weighted by molar-refractivity contribution is 5.79. The van der Waals surface area contributed by atoms with E-state index in [1.165, 1.54) is 18.3 Å². The Morgan fingerprint density at radius 3 is 2.55 bits per heavy atom. The van der Waals surface area contributed by atoms with Crippen molar-refractivity contribution in [3.05, 3.63) is 48.0 Å². The normalized spacial score (nSPS) is 14.9. The Hall–Kier alpha value is -3.24. The summed E-state index contributed by atoms with van der Waals surface area (Å²) in [5, 5.41) is 5.58. The fourth-order valence-electron chi connectivity index (χ4n) is 3.12. The lowest BCUT2D eigenvalue weighted by Crippen LogP contribution is -2.46. The van der Waals surface area contributed by atoms with Gasteiger partial charge < -0.3 is 24.7 Å². The first kappa shape index (κ1) is 22.4. The van der Waals surface area contributed by atoms with Crippen molar-refractivity contribution in [3.63, 3.8) is 0 Å². The summed E-state index contributed by atoms with van der Waals surface area (Å²) < 4.78 is 46.2. The molecule has 3 rings (SSSR count). The molecule has 3 heterocycles. The van der Waals surface area contributed by atoms with E-state index < -0.39 is 12.8 Å². The summed E-state index contributed by atoms with van der Waals surface area (Å²) in [7, 11) is 0. The Balaban J connectivity index is 1.36. The quantitative estimate of drug-likeness (QED) is 0.690. The molecule has 0 bridgehead atoms. The highest BCUT2D eigenvalue weighted by Gasteiger charge is 2.29. The molecular formula is C20H23F3N4O4. The zero-order valence-electron chi connectivity index (χ0n) is 16.7. The molecule has 3 amide bonds. The minimum absolute atomic E-state index is 0.0598. The van der Waals surface area contributed by atoms with Gasteiger partial charge in [0.15, 0.2) is 6.61 Å². The maximum atomic E-state index is 12.3. The standard InChI is InChI=1S/C20H23F3N4O4/c21-20(22,23)13-31-17-4-3-14(10-24-17)11-26-19(29)27-7-5-15(6-8-27)18(28)25-12-16-2-1-9-30-16/h1-4,9-10,15H,5-8,11-13H2,(H,25,28)(H,26,29). The summed E-state index contributed by atoms with van der Waals surface area (Å²) in [5.41, 5.74) is 0.625. The Bertz CT molecular complexity index is 848. The van der Waals surface area contributed by atoms with Crippen molar-refractivity contribution in [3.8, 4) is 5.88 Å². The zero-order valence-corrected chi connectivity index (χ0v) is 16.7. The highest BCUT2D eigenvalue weighted by Crippen LogP contribution is 2.19. The van der Waals surface area contributed by atoms with Crippen LogP contribution in [0.3, 0.4) is 0 Å². The summed E-state index contributed by atoms with van der Waals surface area (Å²) in [5.74, 6) is 0.321. The van der Waals surface area contributed by atoms with E-state index in [-0.39, 0.29) is 30.3 Å². The van der Waals surface area contributed by atoms with E-state index in [2.05, 4.69) is 20.4 Å². The van der Waals surface area contributed by atoms with E-state index >= 15 is 0 Å². The first-order chi connectivity index (χ1) is 14.8. The number of nitrogens with zero attached hydrogens (tertiary/aromatic N) is 2. The maximum Gasteiger partial charge on any atom is 0.422 e. The SMILES string of the molecule is O=C(NCc1ccco1)C1CCN(C(=O)NCc2ccc(OCC(F)(F)F)nc2)CC1. The van der Waals surface area contributed by atoms with Gasteiger partial charge in [-0.05, 0) is 30.5 Å². The zero-order chi connectivity index (χ0) is 22.3. The lowest BCUT2D eigenvalue weighted by Gasteiger charge is -2.31. The molecule has 1 aliphatic rings. The average molecular weight is 440 g/mol. The van der Waals surface area contributed by atoms with Gasteiger partial charge in [0, 0.05) is 37.8 Å². The van der Waals surface area contributed by atoms with Crippen LogP contribution >= 0.6 is 0 Å². The fourth-order valence-corrected chi connectivity index (χ4v) is 3.12. The lowest BCUT2D eigenvalue weighted by atomic mass is 9.96. The summed E-state index contributed by atoms with van der Waals surface area (Å²) in [6.07, 6.45) is -0.414. The molecule has 0 aliphatic carbocycles. The molecular weight excluding hydrogens is 417 g/mol. The molecule has 1 saturated heterocycles. The van der Waals surface area contributed by atoms with Gasteiger partial charge in [-0.1, -0.05) is 6.07 Å². The van der Waals surface area contributed by atoms with Gasteiger partial charge in [0.05, 0.1) is 12.8 Å². The number of furan rings is 1. The summed E-state index contributed by atoms with van der Waals surface area (Å²) >= 11 is 0. The smallest absolute Gasteiger partial charge is 0.422 e. The summed E-state index contributed by atoms with van der Waals surface area (Å²) in [6, 6.07) is 6.12. The van der Waals surface area contributed by atoms with E-state index in [4.69, 9.17) is 4.42 Å². The van der Waals surface area contributed by atoms with Crippen LogP contribution in [-0.2, 0) is 17.9 Å². The number of hydrogen-bond donors (Lipinski definition) is 2. The molecule has 0 spiro atoms. The number of carbonyl (C=O) groups is 2. The molecule has 0 aromatic carbocycles. The number of amides is 3. The van der Waals surface area contributed by atoms with Crippen LogP contribution in [0, 0.1) is 5.92 Å². The number of hydrogen-bond acceptors (Lipinski definition) is 5. The fraction of sp³-hybridized carbons (Fsp3) is 0.450. The molecule has 168 valence electrons. The van der Waals surface area contributed by atoms with Crippen molar-refractivity contribution in [2.24, 2.45) is 5.92 Å². The number of carbonyl (C=O) groups excluding carboxylic acids is 2. The largest absolute Gasteiger partial charge is 0.468 e. The van der Waals surface area contributed by atoms with E-state index in [1.54, 1.807) is 23.3 Å². The maximum absolute atomic E-state index is 12.3. The molecule has 2 N–H and O–H groups in total. The first-order valence-electron chi connectivity index (χ1n) is 9.77. The molecule has 0 radical (unpaired) electrons. The van der Waals surface area contributed by atoms with Crippen LogP contribution in [0.25, 0.3) is 0 Å². The number of halogens is 3. The number of likely N-dealkylation sites (tertiary alicyclic amines) is 1. The third-order valence-electron chi connectivity index (χ3n) is 4.79. The van der Waals surface area contributed by atoms with Gasteiger partial charge in [-0.15, -0.1) is 0 Å². The average Bonchev–Trinajstić information content (AvgIpc) is 3.28. The van der Waals surface area contributed by atoms with Crippen molar-refractivity contribution >= 4 is 11.9 Å². The van der Waals surface area contributed by atoms with E-state index in [0.717, 1.165) is 0 Å². The van der Waals surface area contributed by atoms with E-state index in [9.17, 15) is 22.8 Å². The minimum atomic E-state index is -4.43. The topological polar surface area (TPSA) is 96.7 Å². The van der Waals surface area contributed by atoms with Gasteiger partial charge in [-0.2, -0.15) is 13.2 Å². The van der Waals surface area contributed by atoms with Gasteiger partial charge in [0.1, 0.15) is 5.76 Å².